The summed E-state index contributed by atoms with van der Waals surface area (Å²) in [7, 11) is 0. The third-order valence-electron chi connectivity index (χ3n) is 2.77. The van der Waals surface area contributed by atoms with Gasteiger partial charge in [0.2, 0.25) is 0 Å². The number of thiazole rings is 1. The Hall–Kier alpha value is -1.73. The molecule has 2 heterocycles. The van der Waals surface area contributed by atoms with Crippen LogP contribution in [0.1, 0.15) is 44.4 Å². The molecule has 0 aliphatic rings. The van der Waals surface area contributed by atoms with Crippen molar-refractivity contribution in [2.75, 3.05) is 11.9 Å². The Bertz CT molecular complexity index is 661. The molecule has 0 spiro atoms. The van der Waals surface area contributed by atoms with Crippen molar-refractivity contribution in [1.29, 1.82) is 0 Å². The number of anilines is 1. The van der Waals surface area contributed by atoms with E-state index in [1.54, 1.807) is 12.3 Å². The molecule has 0 atom stereocenters. The van der Waals surface area contributed by atoms with Gasteiger partial charge in [-0.25, -0.2) is 9.78 Å². The molecule has 0 aliphatic carbocycles. The molecule has 21 heavy (non-hydrogen) atoms. The number of aryl methyl sites for hydroxylation is 2. The summed E-state index contributed by atoms with van der Waals surface area (Å²) < 4.78 is 4.86. The third kappa shape index (κ3) is 3.68. The number of amides is 1. The summed E-state index contributed by atoms with van der Waals surface area (Å²) >= 11 is 2.69. The molecule has 2 aromatic rings. The highest BCUT2D eigenvalue weighted by molar-refractivity contribution is 7.15. The average Bonchev–Trinajstić information content (AvgIpc) is 3.05. The molecule has 0 fully saturated rings. The summed E-state index contributed by atoms with van der Waals surface area (Å²) in [6.45, 7) is 6.09. The highest BCUT2D eigenvalue weighted by atomic mass is 32.1. The van der Waals surface area contributed by atoms with E-state index >= 15 is 0 Å². The first kappa shape index (κ1) is 15.7. The van der Waals surface area contributed by atoms with Gasteiger partial charge in [-0.05, 0) is 31.9 Å². The van der Waals surface area contributed by atoms with Crippen molar-refractivity contribution in [3.8, 4) is 0 Å². The maximum Gasteiger partial charge on any atom is 0.357 e. The van der Waals surface area contributed by atoms with E-state index in [2.05, 4.69) is 17.2 Å². The zero-order valence-corrected chi connectivity index (χ0v) is 13.7. The fourth-order valence-electron chi connectivity index (χ4n) is 1.77. The minimum atomic E-state index is -0.477. The molecule has 1 amide bonds. The van der Waals surface area contributed by atoms with Gasteiger partial charge < -0.3 is 4.74 Å². The van der Waals surface area contributed by atoms with E-state index in [0.717, 1.165) is 12.0 Å². The van der Waals surface area contributed by atoms with Gasteiger partial charge in [0.1, 0.15) is 0 Å². The van der Waals surface area contributed by atoms with Crippen molar-refractivity contribution < 1.29 is 14.3 Å². The summed E-state index contributed by atoms with van der Waals surface area (Å²) in [5.74, 6) is -0.679. The molecule has 0 radical (unpaired) electrons. The minimum Gasteiger partial charge on any atom is -0.461 e. The summed E-state index contributed by atoms with van der Waals surface area (Å²) in [6, 6.07) is 1.87. The minimum absolute atomic E-state index is 0.201. The molecule has 0 unspecified atom stereocenters. The van der Waals surface area contributed by atoms with Gasteiger partial charge in [0, 0.05) is 10.3 Å². The van der Waals surface area contributed by atoms with Crippen molar-refractivity contribution in [3.05, 3.63) is 32.5 Å². The molecule has 2 rings (SSSR count). The summed E-state index contributed by atoms with van der Waals surface area (Å²) in [6.07, 6.45) is 0.911. The van der Waals surface area contributed by atoms with Crippen molar-refractivity contribution in [2.24, 2.45) is 0 Å². The van der Waals surface area contributed by atoms with Crippen LogP contribution in [0.4, 0.5) is 5.13 Å². The number of hydrogen-bond donors (Lipinski definition) is 1. The Balaban J connectivity index is 2.07. The average molecular weight is 324 g/mol. The molecule has 0 aromatic carbocycles. The predicted molar refractivity (Wildman–Crippen MR) is 84.5 cm³/mol. The van der Waals surface area contributed by atoms with Crippen LogP contribution in [0.2, 0.25) is 0 Å². The van der Waals surface area contributed by atoms with E-state index in [9.17, 15) is 9.59 Å². The second-order valence-corrected chi connectivity index (χ2v) is 6.28. The number of nitrogens with zero attached hydrogens (tertiary/aromatic N) is 1. The van der Waals surface area contributed by atoms with Crippen LogP contribution in [0.25, 0.3) is 0 Å². The van der Waals surface area contributed by atoms with Crippen LogP contribution in [-0.2, 0) is 11.2 Å². The molecule has 1 N–H and O–H groups in total. The lowest BCUT2D eigenvalue weighted by Gasteiger charge is -1.98. The Morgan fingerprint density at radius 3 is 2.76 bits per heavy atom. The highest BCUT2D eigenvalue weighted by Crippen LogP contribution is 2.24. The van der Waals surface area contributed by atoms with Gasteiger partial charge in [-0.15, -0.1) is 22.7 Å². The second kappa shape index (κ2) is 6.82. The number of hydrogen-bond acceptors (Lipinski definition) is 6. The summed E-state index contributed by atoms with van der Waals surface area (Å²) in [5.41, 5.74) is 1.34. The van der Waals surface area contributed by atoms with Crippen LogP contribution in [0.5, 0.6) is 0 Å². The summed E-state index contributed by atoms with van der Waals surface area (Å²) in [4.78, 5) is 29.6. The molecule has 7 heteroatoms. The van der Waals surface area contributed by atoms with E-state index in [-0.39, 0.29) is 11.6 Å². The maximum atomic E-state index is 12.2. The van der Waals surface area contributed by atoms with Gasteiger partial charge >= 0.3 is 5.97 Å². The van der Waals surface area contributed by atoms with Gasteiger partial charge in [-0.2, -0.15) is 0 Å². The van der Waals surface area contributed by atoms with Crippen LogP contribution < -0.4 is 5.32 Å². The van der Waals surface area contributed by atoms with Crippen LogP contribution in [0.15, 0.2) is 11.4 Å². The second-order valence-electron chi connectivity index (χ2n) is 4.28. The number of nitrogens with one attached hydrogen (secondary N) is 1. The lowest BCUT2D eigenvalue weighted by molar-refractivity contribution is 0.0520. The highest BCUT2D eigenvalue weighted by Gasteiger charge is 2.16. The largest absolute Gasteiger partial charge is 0.461 e. The number of carbonyl (C=O) groups is 2. The smallest absolute Gasteiger partial charge is 0.357 e. The van der Waals surface area contributed by atoms with Crippen LogP contribution in [-0.4, -0.2) is 23.5 Å². The van der Waals surface area contributed by atoms with Crippen LogP contribution in [0.3, 0.4) is 0 Å². The van der Waals surface area contributed by atoms with Crippen molar-refractivity contribution in [3.63, 3.8) is 0 Å². The van der Waals surface area contributed by atoms with Crippen LogP contribution >= 0.6 is 22.7 Å². The van der Waals surface area contributed by atoms with Gasteiger partial charge in [-0.3, -0.25) is 10.1 Å². The third-order valence-corrected chi connectivity index (χ3v) is 4.91. The predicted octanol–water partition coefficient (Wildman–Crippen LogP) is 3.50. The quantitative estimate of drug-likeness (QED) is 0.855. The molecular weight excluding hydrogens is 308 g/mol. The first-order chi connectivity index (χ1) is 10.0. The van der Waals surface area contributed by atoms with Gasteiger partial charge in [0.25, 0.3) is 5.91 Å². The zero-order valence-electron chi connectivity index (χ0n) is 12.1. The van der Waals surface area contributed by atoms with Crippen molar-refractivity contribution in [1.82, 2.24) is 4.98 Å². The van der Waals surface area contributed by atoms with E-state index in [1.165, 1.54) is 27.6 Å². The zero-order chi connectivity index (χ0) is 15.4. The molecule has 5 nitrogen and oxygen atoms in total. The Morgan fingerprint density at radius 1 is 1.38 bits per heavy atom. The standard InChI is InChI=1S/C14H16N2O3S2/c1-4-10-8(3)6-11(21-10)12(17)16-14-15-9(7-20-14)13(18)19-5-2/h6-7H,4-5H2,1-3H3,(H,15,16,17). The molecular formula is C14H16N2O3S2. The van der Waals surface area contributed by atoms with Crippen molar-refractivity contribution in [2.45, 2.75) is 27.2 Å². The molecule has 0 aliphatic heterocycles. The topological polar surface area (TPSA) is 68.3 Å². The number of carbonyl (C=O) groups excluding carboxylic acids is 2. The fraction of sp³-hybridized carbons (Fsp3) is 0.357. The van der Waals surface area contributed by atoms with Gasteiger partial charge in [0.15, 0.2) is 10.8 Å². The fourth-order valence-corrected chi connectivity index (χ4v) is 3.46. The number of thiophene rings is 1. The molecule has 0 bridgehead atoms. The number of ether oxygens (including phenoxy) is 1. The first-order valence-corrected chi connectivity index (χ1v) is 8.28. The molecule has 2 aromatic heterocycles. The van der Waals surface area contributed by atoms with Crippen molar-refractivity contribution >= 4 is 39.7 Å². The molecule has 0 saturated heterocycles. The normalized spacial score (nSPS) is 10.4. The first-order valence-electron chi connectivity index (χ1n) is 6.58. The lowest BCUT2D eigenvalue weighted by atomic mass is 10.2. The lowest BCUT2D eigenvalue weighted by Crippen LogP contribution is -2.11. The SMILES string of the molecule is CCOC(=O)c1csc(NC(=O)c2cc(C)c(CC)s2)n1. The van der Waals surface area contributed by atoms with E-state index in [4.69, 9.17) is 4.74 Å². The number of aromatic nitrogens is 1. The maximum absolute atomic E-state index is 12.2. The molecule has 112 valence electrons. The Morgan fingerprint density at radius 2 is 2.14 bits per heavy atom. The van der Waals surface area contributed by atoms with E-state index in [1.807, 2.05) is 13.0 Å². The monoisotopic (exact) mass is 324 g/mol. The number of esters is 1. The summed E-state index contributed by atoms with van der Waals surface area (Å²) in [5, 5.41) is 4.68. The van der Waals surface area contributed by atoms with Gasteiger partial charge in [-0.1, -0.05) is 6.92 Å². The van der Waals surface area contributed by atoms with Gasteiger partial charge in [0.05, 0.1) is 11.5 Å². The van der Waals surface area contributed by atoms with E-state index in [0.29, 0.717) is 16.6 Å². The Kier molecular flexibility index (Phi) is 5.08. The van der Waals surface area contributed by atoms with E-state index < -0.39 is 5.97 Å². The molecule has 0 saturated carbocycles. The Labute approximate surface area is 131 Å². The number of rotatable bonds is 5. The van der Waals surface area contributed by atoms with Crippen LogP contribution in [0, 0.1) is 6.92 Å².